The van der Waals surface area contributed by atoms with Gasteiger partial charge in [0.25, 0.3) is 0 Å². The van der Waals surface area contributed by atoms with E-state index in [-0.39, 0.29) is 0 Å². The van der Waals surface area contributed by atoms with Gasteiger partial charge in [0.15, 0.2) is 0 Å². The molecule has 2 nitrogen and oxygen atoms in total. The summed E-state index contributed by atoms with van der Waals surface area (Å²) >= 11 is 4.67. The monoisotopic (exact) mass is 336 g/mol. The van der Waals surface area contributed by atoms with Crippen LogP contribution in [0.25, 0.3) is 0 Å². The topological polar surface area (TPSA) is 24.9 Å². The summed E-state index contributed by atoms with van der Waals surface area (Å²) < 4.78 is 38.3. The van der Waals surface area contributed by atoms with Gasteiger partial charge in [-0.05, 0) is 34.1 Å². The van der Waals surface area contributed by atoms with Gasteiger partial charge in [-0.15, -0.1) is 11.3 Å². The average molecular weight is 337 g/mol. The van der Waals surface area contributed by atoms with Gasteiger partial charge in [0.2, 0.25) is 0 Å². The Labute approximate surface area is 114 Å². The zero-order valence-electron chi connectivity index (χ0n) is 8.96. The summed E-state index contributed by atoms with van der Waals surface area (Å²) in [7, 11) is 0. The first kappa shape index (κ1) is 13.4. The molecule has 1 aromatic heterocycles. The van der Waals surface area contributed by atoms with Gasteiger partial charge in [0.05, 0.1) is 17.6 Å². The first-order chi connectivity index (χ1) is 8.47. The Kier molecular flexibility index (Phi) is 3.91. The lowest BCUT2D eigenvalue weighted by atomic mass is 10.2. The van der Waals surface area contributed by atoms with E-state index in [1.807, 2.05) is 0 Å². The highest BCUT2D eigenvalue weighted by Crippen LogP contribution is 2.34. The molecule has 0 aliphatic carbocycles. The standard InChI is InChI=1S/C11H8BrF3N2S/c12-9-2-1-7(11(13,14)15)3-10(9)17-5-8-4-16-6-18-8/h1-4,6,17H,5H2. The second-order valence-electron chi connectivity index (χ2n) is 3.51. The maximum Gasteiger partial charge on any atom is 0.416 e. The summed E-state index contributed by atoms with van der Waals surface area (Å²) in [6, 6.07) is 3.52. The second-order valence-corrected chi connectivity index (χ2v) is 5.34. The van der Waals surface area contributed by atoms with E-state index in [4.69, 9.17) is 0 Å². The normalized spacial score (nSPS) is 11.6. The molecule has 0 fully saturated rings. The van der Waals surface area contributed by atoms with Crippen molar-refractivity contribution < 1.29 is 13.2 Å². The number of alkyl halides is 3. The van der Waals surface area contributed by atoms with Gasteiger partial charge >= 0.3 is 6.18 Å². The van der Waals surface area contributed by atoms with Crippen LogP contribution in [0.1, 0.15) is 10.4 Å². The zero-order valence-corrected chi connectivity index (χ0v) is 11.4. The quantitative estimate of drug-likeness (QED) is 0.890. The van der Waals surface area contributed by atoms with E-state index in [0.29, 0.717) is 16.7 Å². The molecule has 1 aromatic carbocycles. The van der Waals surface area contributed by atoms with E-state index in [9.17, 15) is 13.2 Å². The van der Waals surface area contributed by atoms with Crippen LogP contribution >= 0.6 is 27.3 Å². The fourth-order valence-electron chi connectivity index (χ4n) is 1.35. The predicted octanol–water partition coefficient (Wildman–Crippen LogP) is 4.54. The molecule has 0 spiro atoms. The summed E-state index contributed by atoms with van der Waals surface area (Å²) in [6.07, 6.45) is -2.65. The van der Waals surface area contributed by atoms with Crippen LogP contribution in [0.3, 0.4) is 0 Å². The van der Waals surface area contributed by atoms with Gasteiger partial charge in [0, 0.05) is 21.2 Å². The number of aromatic nitrogens is 1. The third-order valence-corrected chi connectivity index (χ3v) is 3.70. The molecule has 2 aromatic rings. The number of hydrogen-bond acceptors (Lipinski definition) is 3. The number of thiazole rings is 1. The number of hydrogen-bond donors (Lipinski definition) is 1. The van der Waals surface area contributed by atoms with Gasteiger partial charge < -0.3 is 5.32 Å². The first-order valence-corrected chi connectivity index (χ1v) is 6.62. The van der Waals surface area contributed by atoms with Gasteiger partial charge in [-0.2, -0.15) is 13.2 Å². The zero-order chi connectivity index (χ0) is 13.2. The highest BCUT2D eigenvalue weighted by atomic mass is 79.9. The molecule has 0 radical (unpaired) electrons. The van der Waals surface area contributed by atoms with Crippen LogP contribution in [0.5, 0.6) is 0 Å². The van der Waals surface area contributed by atoms with Crippen LogP contribution in [0, 0.1) is 0 Å². The van der Waals surface area contributed by atoms with Gasteiger partial charge in [-0.25, -0.2) is 0 Å². The number of nitrogens with one attached hydrogen (secondary N) is 1. The SMILES string of the molecule is FC(F)(F)c1ccc(Br)c(NCc2cncs2)c1. The molecule has 0 aliphatic heterocycles. The molecule has 0 amide bonds. The van der Waals surface area contributed by atoms with Crippen LogP contribution in [0.4, 0.5) is 18.9 Å². The molecule has 0 bridgehead atoms. The molecular formula is C11H8BrF3N2S. The fourth-order valence-corrected chi connectivity index (χ4v) is 2.27. The van der Waals surface area contributed by atoms with Crippen LogP contribution in [-0.4, -0.2) is 4.98 Å². The van der Waals surface area contributed by atoms with Crippen LogP contribution in [0.15, 0.2) is 34.4 Å². The van der Waals surface area contributed by atoms with Crippen molar-refractivity contribution in [3.63, 3.8) is 0 Å². The molecule has 0 saturated heterocycles. The highest BCUT2D eigenvalue weighted by molar-refractivity contribution is 9.10. The largest absolute Gasteiger partial charge is 0.416 e. The molecule has 96 valence electrons. The number of halogens is 4. The molecule has 2 rings (SSSR count). The lowest BCUT2D eigenvalue weighted by Gasteiger charge is -2.11. The summed E-state index contributed by atoms with van der Waals surface area (Å²) in [6.45, 7) is 0.449. The third kappa shape index (κ3) is 3.23. The summed E-state index contributed by atoms with van der Waals surface area (Å²) in [5.74, 6) is 0. The van der Waals surface area contributed by atoms with Crippen molar-refractivity contribution in [3.8, 4) is 0 Å². The Morgan fingerprint density at radius 3 is 2.72 bits per heavy atom. The number of rotatable bonds is 3. The molecule has 7 heteroatoms. The van der Waals surface area contributed by atoms with Gasteiger partial charge in [0.1, 0.15) is 0 Å². The minimum absolute atomic E-state index is 0.415. The smallest absolute Gasteiger partial charge is 0.379 e. The number of anilines is 1. The maximum absolute atomic E-state index is 12.6. The summed E-state index contributed by atoms with van der Waals surface area (Å²) in [5, 5.41) is 2.95. The fraction of sp³-hybridized carbons (Fsp3) is 0.182. The Morgan fingerprint density at radius 1 is 1.33 bits per heavy atom. The second kappa shape index (κ2) is 5.27. The lowest BCUT2D eigenvalue weighted by molar-refractivity contribution is -0.137. The van der Waals surface area contributed by atoms with Crippen molar-refractivity contribution in [1.29, 1.82) is 0 Å². The van der Waals surface area contributed by atoms with Crippen LogP contribution < -0.4 is 5.32 Å². The molecule has 18 heavy (non-hydrogen) atoms. The van der Waals surface area contributed by atoms with E-state index >= 15 is 0 Å². The maximum atomic E-state index is 12.6. The number of benzene rings is 1. The van der Waals surface area contributed by atoms with Crippen molar-refractivity contribution in [3.05, 3.63) is 44.8 Å². The summed E-state index contributed by atoms with van der Waals surface area (Å²) in [4.78, 5) is 4.86. The molecule has 0 aliphatic rings. The Morgan fingerprint density at radius 2 is 2.11 bits per heavy atom. The predicted molar refractivity (Wildman–Crippen MR) is 68.6 cm³/mol. The highest BCUT2D eigenvalue weighted by Gasteiger charge is 2.30. The van der Waals surface area contributed by atoms with E-state index in [1.165, 1.54) is 17.4 Å². The Bertz CT molecular complexity index is 526. The molecular weight excluding hydrogens is 329 g/mol. The minimum atomic E-state index is -4.33. The molecule has 0 saturated carbocycles. The third-order valence-electron chi connectivity index (χ3n) is 2.23. The van der Waals surface area contributed by atoms with E-state index in [0.717, 1.165) is 17.0 Å². The Hall–Kier alpha value is -1.08. The Balaban J connectivity index is 2.16. The minimum Gasteiger partial charge on any atom is -0.379 e. The van der Waals surface area contributed by atoms with E-state index in [1.54, 1.807) is 11.7 Å². The van der Waals surface area contributed by atoms with Crippen molar-refractivity contribution >= 4 is 33.0 Å². The lowest BCUT2D eigenvalue weighted by Crippen LogP contribution is -2.06. The molecule has 0 unspecified atom stereocenters. The molecule has 1 heterocycles. The molecule has 1 N–H and O–H groups in total. The van der Waals surface area contributed by atoms with Crippen LogP contribution in [-0.2, 0) is 12.7 Å². The van der Waals surface area contributed by atoms with Crippen molar-refractivity contribution in [1.82, 2.24) is 4.98 Å². The first-order valence-electron chi connectivity index (χ1n) is 4.95. The van der Waals surface area contributed by atoms with Gasteiger partial charge in [-0.1, -0.05) is 0 Å². The van der Waals surface area contributed by atoms with Crippen LogP contribution in [0.2, 0.25) is 0 Å². The van der Waals surface area contributed by atoms with Crippen molar-refractivity contribution in [2.45, 2.75) is 12.7 Å². The average Bonchev–Trinajstić information content (AvgIpc) is 2.79. The summed E-state index contributed by atoms with van der Waals surface area (Å²) in [5.41, 5.74) is 1.42. The van der Waals surface area contributed by atoms with Gasteiger partial charge in [-0.3, -0.25) is 4.98 Å². The molecule has 0 atom stereocenters. The van der Waals surface area contributed by atoms with Crippen molar-refractivity contribution in [2.24, 2.45) is 0 Å². The van der Waals surface area contributed by atoms with E-state index in [2.05, 4.69) is 26.2 Å². The van der Waals surface area contributed by atoms with E-state index < -0.39 is 11.7 Å². The van der Waals surface area contributed by atoms with Crippen molar-refractivity contribution in [2.75, 3.05) is 5.32 Å². The number of nitrogens with zero attached hydrogens (tertiary/aromatic N) is 1.